The molecule has 0 aromatic heterocycles. The SMILES string of the molecule is CCNC(=NCC1CCN(S(C)(=O)=O)CC1)NC1CCN(CC2CCOC2)CC1.I. The van der Waals surface area contributed by atoms with Gasteiger partial charge in [-0.2, -0.15) is 0 Å². The molecule has 10 heteroatoms. The third-order valence-corrected chi connectivity index (χ3v) is 7.67. The van der Waals surface area contributed by atoms with Crippen LogP contribution in [-0.4, -0.2) is 94.9 Å². The maximum atomic E-state index is 11.7. The smallest absolute Gasteiger partial charge is 0.211 e. The predicted octanol–water partition coefficient (Wildman–Crippen LogP) is 1.33. The molecule has 0 bridgehead atoms. The summed E-state index contributed by atoms with van der Waals surface area (Å²) in [7, 11) is -3.06. The molecule has 3 saturated heterocycles. The van der Waals surface area contributed by atoms with Crippen LogP contribution in [0.15, 0.2) is 4.99 Å². The van der Waals surface area contributed by atoms with E-state index in [1.54, 1.807) is 4.31 Å². The van der Waals surface area contributed by atoms with E-state index in [0.29, 0.717) is 31.0 Å². The van der Waals surface area contributed by atoms with E-state index in [-0.39, 0.29) is 24.0 Å². The number of aliphatic imine (C=N–C) groups is 1. The number of sulfonamides is 1. The van der Waals surface area contributed by atoms with Gasteiger partial charge in [0.25, 0.3) is 0 Å². The lowest BCUT2D eigenvalue weighted by atomic mass is 9.98. The Morgan fingerprint density at radius 3 is 2.33 bits per heavy atom. The summed E-state index contributed by atoms with van der Waals surface area (Å²) < 4.78 is 30.4. The molecule has 0 aromatic rings. The second-order valence-corrected chi connectivity index (χ2v) is 10.8. The number of nitrogens with zero attached hydrogens (tertiary/aromatic N) is 3. The number of guanidine groups is 1. The van der Waals surface area contributed by atoms with Gasteiger partial charge in [-0.05, 0) is 50.9 Å². The average Bonchev–Trinajstić information content (AvgIpc) is 3.20. The minimum atomic E-state index is -3.06. The van der Waals surface area contributed by atoms with Gasteiger partial charge in [-0.3, -0.25) is 4.99 Å². The minimum absolute atomic E-state index is 0. The number of hydrogen-bond acceptors (Lipinski definition) is 5. The first-order valence-corrected chi connectivity index (χ1v) is 13.1. The molecule has 8 nitrogen and oxygen atoms in total. The van der Waals surface area contributed by atoms with Crippen LogP contribution in [0, 0.1) is 11.8 Å². The quantitative estimate of drug-likeness (QED) is 0.279. The van der Waals surface area contributed by atoms with Crippen molar-refractivity contribution in [2.75, 3.05) is 65.3 Å². The van der Waals surface area contributed by atoms with Gasteiger partial charge in [0.15, 0.2) is 5.96 Å². The van der Waals surface area contributed by atoms with Crippen molar-refractivity contribution in [3.8, 4) is 0 Å². The summed E-state index contributed by atoms with van der Waals surface area (Å²) in [6.45, 7) is 10.2. The standard InChI is InChI=1S/C20H39N5O3S.HI/c1-3-21-20(22-14-17-4-11-25(12-5-17)29(2,26)27)23-19-6-9-24(10-7-19)15-18-8-13-28-16-18;/h17-19H,3-16H2,1-2H3,(H2,21,22,23);1H. The third kappa shape index (κ3) is 8.40. The second kappa shape index (κ2) is 12.8. The lowest BCUT2D eigenvalue weighted by Gasteiger charge is -2.34. The summed E-state index contributed by atoms with van der Waals surface area (Å²) in [6.07, 6.45) is 6.57. The lowest BCUT2D eigenvalue weighted by Crippen LogP contribution is -2.49. The van der Waals surface area contributed by atoms with Gasteiger partial charge in [-0.15, -0.1) is 24.0 Å². The van der Waals surface area contributed by atoms with Crippen molar-refractivity contribution in [2.24, 2.45) is 16.8 Å². The zero-order valence-corrected chi connectivity index (χ0v) is 21.7. The van der Waals surface area contributed by atoms with Crippen molar-refractivity contribution in [3.63, 3.8) is 0 Å². The summed E-state index contributed by atoms with van der Waals surface area (Å²) in [5, 5.41) is 7.00. The summed E-state index contributed by atoms with van der Waals surface area (Å²) in [5.74, 6) is 2.08. The highest BCUT2D eigenvalue weighted by molar-refractivity contribution is 14.0. The highest BCUT2D eigenvalue weighted by Gasteiger charge is 2.26. The Morgan fingerprint density at radius 2 is 1.77 bits per heavy atom. The van der Waals surface area contributed by atoms with Gasteiger partial charge in [0, 0.05) is 58.5 Å². The Hall–Kier alpha value is -0.170. The maximum absolute atomic E-state index is 11.7. The first kappa shape index (κ1) is 26.1. The molecule has 3 aliphatic heterocycles. The molecule has 3 rings (SSSR count). The molecular weight excluding hydrogens is 517 g/mol. The molecule has 30 heavy (non-hydrogen) atoms. The topological polar surface area (TPSA) is 86.3 Å². The van der Waals surface area contributed by atoms with E-state index in [0.717, 1.165) is 71.0 Å². The molecule has 0 radical (unpaired) electrons. The van der Waals surface area contributed by atoms with E-state index < -0.39 is 10.0 Å². The van der Waals surface area contributed by atoms with E-state index in [4.69, 9.17) is 9.73 Å². The van der Waals surface area contributed by atoms with Crippen molar-refractivity contribution < 1.29 is 13.2 Å². The first-order valence-electron chi connectivity index (χ1n) is 11.2. The van der Waals surface area contributed by atoms with Crippen molar-refractivity contribution >= 4 is 40.0 Å². The molecule has 2 N–H and O–H groups in total. The molecule has 0 aliphatic carbocycles. The molecule has 0 spiro atoms. The van der Waals surface area contributed by atoms with Gasteiger partial charge in [0.2, 0.25) is 10.0 Å². The largest absolute Gasteiger partial charge is 0.381 e. The summed E-state index contributed by atoms with van der Waals surface area (Å²) in [5.41, 5.74) is 0. The van der Waals surface area contributed by atoms with E-state index in [1.807, 2.05) is 0 Å². The van der Waals surface area contributed by atoms with Crippen LogP contribution in [0.3, 0.4) is 0 Å². The fraction of sp³-hybridized carbons (Fsp3) is 0.950. The van der Waals surface area contributed by atoms with Crippen LogP contribution >= 0.6 is 24.0 Å². The van der Waals surface area contributed by atoms with Gasteiger partial charge in [0.1, 0.15) is 0 Å². The Bertz CT molecular complexity index is 626. The van der Waals surface area contributed by atoms with E-state index in [2.05, 4.69) is 22.5 Å². The zero-order valence-electron chi connectivity index (χ0n) is 18.5. The fourth-order valence-electron chi connectivity index (χ4n) is 4.51. The average molecular weight is 558 g/mol. The Kier molecular flexibility index (Phi) is 11.1. The van der Waals surface area contributed by atoms with Crippen LogP contribution in [0.2, 0.25) is 0 Å². The van der Waals surface area contributed by atoms with Gasteiger partial charge >= 0.3 is 0 Å². The van der Waals surface area contributed by atoms with Crippen molar-refractivity contribution in [3.05, 3.63) is 0 Å². The number of halogens is 1. The molecule has 176 valence electrons. The van der Waals surface area contributed by atoms with Gasteiger partial charge in [-0.1, -0.05) is 0 Å². The predicted molar refractivity (Wildman–Crippen MR) is 132 cm³/mol. The van der Waals surface area contributed by atoms with Crippen LogP contribution < -0.4 is 10.6 Å². The minimum Gasteiger partial charge on any atom is -0.381 e. The molecule has 3 fully saturated rings. The van der Waals surface area contributed by atoms with Crippen LogP contribution in [-0.2, 0) is 14.8 Å². The van der Waals surface area contributed by atoms with Crippen LogP contribution in [0.25, 0.3) is 0 Å². The third-order valence-electron chi connectivity index (χ3n) is 6.36. The van der Waals surface area contributed by atoms with Gasteiger partial charge < -0.3 is 20.3 Å². The van der Waals surface area contributed by atoms with E-state index in [9.17, 15) is 8.42 Å². The molecule has 0 amide bonds. The molecule has 1 atom stereocenters. The Morgan fingerprint density at radius 1 is 1.07 bits per heavy atom. The van der Waals surface area contributed by atoms with Crippen molar-refractivity contribution in [1.82, 2.24) is 19.8 Å². The molecule has 0 aromatic carbocycles. The van der Waals surface area contributed by atoms with Crippen molar-refractivity contribution in [2.45, 2.75) is 45.1 Å². The first-order chi connectivity index (χ1) is 13.9. The number of nitrogens with one attached hydrogen (secondary N) is 2. The van der Waals surface area contributed by atoms with Crippen molar-refractivity contribution in [1.29, 1.82) is 0 Å². The number of ether oxygens (including phenoxy) is 1. The lowest BCUT2D eigenvalue weighted by molar-refractivity contribution is 0.150. The second-order valence-electron chi connectivity index (χ2n) is 8.77. The number of piperidine rings is 2. The summed E-state index contributed by atoms with van der Waals surface area (Å²) in [6, 6.07) is 0.468. The maximum Gasteiger partial charge on any atom is 0.211 e. The highest BCUT2D eigenvalue weighted by atomic mass is 127. The number of likely N-dealkylation sites (tertiary alicyclic amines) is 1. The van der Waals surface area contributed by atoms with Gasteiger partial charge in [-0.25, -0.2) is 12.7 Å². The van der Waals surface area contributed by atoms with E-state index in [1.165, 1.54) is 19.2 Å². The Balaban J connectivity index is 0.00000320. The molecule has 3 heterocycles. The number of rotatable bonds is 7. The fourth-order valence-corrected chi connectivity index (χ4v) is 5.38. The van der Waals surface area contributed by atoms with Gasteiger partial charge in [0.05, 0.1) is 12.9 Å². The molecule has 0 saturated carbocycles. The molecular formula is C20H40IN5O3S. The molecule has 1 unspecified atom stereocenters. The summed E-state index contributed by atoms with van der Waals surface area (Å²) >= 11 is 0. The van der Waals surface area contributed by atoms with Crippen LogP contribution in [0.5, 0.6) is 0 Å². The monoisotopic (exact) mass is 557 g/mol. The van der Waals surface area contributed by atoms with Crippen LogP contribution in [0.1, 0.15) is 39.0 Å². The Labute approximate surface area is 199 Å². The van der Waals surface area contributed by atoms with Crippen LogP contribution in [0.4, 0.5) is 0 Å². The zero-order chi connectivity index (χ0) is 20.7. The highest BCUT2D eigenvalue weighted by Crippen LogP contribution is 2.20. The normalized spacial score (nSPS) is 25.8. The van der Waals surface area contributed by atoms with E-state index >= 15 is 0 Å². The number of hydrogen-bond donors (Lipinski definition) is 2. The summed E-state index contributed by atoms with van der Waals surface area (Å²) in [4.78, 5) is 7.40. The molecule has 3 aliphatic rings.